The lowest BCUT2D eigenvalue weighted by Crippen LogP contribution is -2.04. The summed E-state index contributed by atoms with van der Waals surface area (Å²) in [5, 5.41) is 0. The standard InChI is InChI=1S/C16H13NO4/c1-2-19-12-7-5-11(6-8-12)10-13-16(18)21-15(17-13)14-4-3-9-20-14/h3-10H,2H2,1H3/b13-10-. The van der Waals surface area contributed by atoms with Crippen LogP contribution in [0, 0.1) is 0 Å². The fraction of sp³-hybridized carbons (Fsp3) is 0.125. The van der Waals surface area contributed by atoms with Gasteiger partial charge in [0.05, 0.1) is 12.9 Å². The molecular formula is C16H13NO4. The highest BCUT2D eigenvalue weighted by atomic mass is 16.6. The molecule has 1 aliphatic heterocycles. The van der Waals surface area contributed by atoms with Gasteiger partial charge in [0.15, 0.2) is 11.5 Å². The summed E-state index contributed by atoms with van der Waals surface area (Å²) < 4.78 is 15.6. The molecule has 1 aromatic carbocycles. The summed E-state index contributed by atoms with van der Waals surface area (Å²) >= 11 is 0. The number of carbonyl (C=O) groups excluding carboxylic acids is 1. The van der Waals surface area contributed by atoms with Crippen molar-refractivity contribution in [2.45, 2.75) is 6.92 Å². The molecule has 106 valence electrons. The van der Waals surface area contributed by atoms with E-state index in [1.165, 1.54) is 6.26 Å². The molecule has 21 heavy (non-hydrogen) atoms. The van der Waals surface area contributed by atoms with Crippen LogP contribution in [0.4, 0.5) is 0 Å². The van der Waals surface area contributed by atoms with Crippen LogP contribution in [0.2, 0.25) is 0 Å². The van der Waals surface area contributed by atoms with Gasteiger partial charge in [0, 0.05) is 0 Å². The van der Waals surface area contributed by atoms with Crippen molar-refractivity contribution in [3.63, 3.8) is 0 Å². The van der Waals surface area contributed by atoms with E-state index >= 15 is 0 Å². The molecule has 0 spiro atoms. The Balaban J connectivity index is 1.83. The fourth-order valence-electron chi connectivity index (χ4n) is 1.90. The Hall–Kier alpha value is -2.82. The van der Waals surface area contributed by atoms with Gasteiger partial charge in [0.2, 0.25) is 0 Å². The predicted octanol–water partition coefficient (Wildman–Crippen LogP) is 3.02. The third kappa shape index (κ3) is 2.86. The number of furan rings is 1. The van der Waals surface area contributed by atoms with Crippen molar-refractivity contribution < 1.29 is 18.7 Å². The highest BCUT2D eigenvalue weighted by Gasteiger charge is 2.25. The SMILES string of the molecule is CCOc1ccc(/C=C2\N=C(c3ccco3)OC2=O)cc1. The first-order valence-corrected chi connectivity index (χ1v) is 6.55. The summed E-state index contributed by atoms with van der Waals surface area (Å²) in [4.78, 5) is 15.9. The molecular weight excluding hydrogens is 270 g/mol. The number of rotatable bonds is 4. The Labute approximate surface area is 121 Å². The van der Waals surface area contributed by atoms with Crippen LogP contribution in [0.15, 0.2) is 57.8 Å². The Morgan fingerprint density at radius 3 is 2.71 bits per heavy atom. The van der Waals surface area contributed by atoms with Crippen molar-refractivity contribution in [2.75, 3.05) is 6.61 Å². The first kappa shape index (κ1) is 13.2. The van der Waals surface area contributed by atoms with E-state index < -0.39 is 5.97 Å². The molecule has 0 atom stereocenters. The second-order valence-corrected chi connectivity index (χ2v) is 4.32. The number of carbonyl (C=O) groups is 1. The normalized spacial score (nSPS) is 16.0. The first-order chi connectivity index (χ1) is 10.3. The molecule has 1 aliphatic rings. The smallest absolute Gasteiger partial charge is 0.363 e. The quantitative estimate of drug-likeness (QED) is 0.639. The lowest BCUT2D eigenvalue weighted by molar-refractivity contribution is -0.130. The van der Waals surface area contributed by atoms with Gasteiger partial charge in [0.25, 0.3) is 5.90 Å². The molecule has 0 fully saturated rings. The van der Waals surface area contributed by atoms with E-state index in [-0.39, 0.29) is 11.6 Å². The van der Waals surface area contributed by atoms with E-state index in [0.29, 0.717) is 12.4 Å². The number of hydrogen-bond acceptors (Lipinski definition) is 5. The molecule has 0 bridgehead atoms. The molecule has 0 amide bonds. The zero-order valence-electron chi connectivity index (χ0n) is 11.4. The van der Waals surface area contributed by atoms with E-state index in [1.54, 1.807) is 18.2 Å². The van der Waals surface area contributed by atoms with Crippen molar-refractivity contribution >= 4 is 17.9 Å². The largest absolute Gasteiger partial charge is 0.494 e. The summed E-state index contributed by atoms with van der Waals surface area (Å²) in [6, 6.07) is 10.8. The van der Waals surface area contributed by atoms with Crippen LogP contribution >= 0.6 is 0 Å². The molecule has 3 rings (SSSR count). The minimum absolute atomic E-state index is 0.183. The number of esters is 1. The third-order valence-electron chi connectivity index (χ3n) is 2.85. The maximum Gasteiger partial charge on any atom is 0.363 e. The van der Waals surface area contributed by atoms with Crippen molar-refractivity contribution in [1.29, 1.82) is 0 Å². The van der Waals surface area contributed by atoms with E-state index in [0.717, 1.165) is 11.3 Å². The van der Waals surface area contributed by atoms with Gasteiger partial charge < -0.3 is 13.9 Å². The molecule has 0 unspecified atom stereocenters. The number of benzene rings is 1. The van der Waals surface area contributed by atoms with Gasteiger partial charge >= 0.3 is 5.97 Å². The molecule has 0 aliphatic carbocycles. The summed E-state index contributed by atoms with van der Waals surface area (Å²) in [6.07, 6.45) is 3.16. The number of aliphatic imine (C=N–C) groups is 1. The molecule has 5 heteroatoms. The average molecular weight is 283 g/mol. The van der Waals surface area contributed by atoms with Crippen LogP contribution in [0.3, 0.4) is 0 Å². The van der Waals surface area contributed by atoms with Crippen molar-refractivity contribution in [3.8, 4) is 5.75 Å². The van der Waals surface area contributed by atoms with Crippen LogP contribution in [-0.4, -0.2) is 18.5 Å². The maximum atomic E-state index is 11.8. The van der Waals surface area contributed by atoms with Gasteiger partial charge in [0.1, 0.15) is 5.75 Å². The van der Waals surface area contributed by atoms with Crippen molar-refractivity contribution in [2.24, 2.45) is 4.99 Å². The van der Waals surface area contributed by atoms with Gasteiger partial charge in [-0.3, -0.25) is 0 Å². The molecule has 0 N–H and O–H groups in total. The zero-order valence-corrected chi connectivity index (χ0v) is 11.4. The summed E-state index contributed by atoms with van der Waals surface area (Å²) in [5.41, 5.74) is 1.08. The highest BCUT2D eigenvalue weighted by molar-refractivity contribution is 6.11. The minimum atomic E-state index is -0.490. The topological polar surface area (TPSA) is 61.0 Å². The number of cyclic esters (lactones) is 1. The van der Waals surface area contributed by atoms with Gasteiger partial charge in [-0.1, -0.05) is 12.1 Å². The maximum absolute atomic E-state index is 11.8. The molecule has 1 aromatic heterocycles. The van der Waals surface area contributed by atoms with Gasteiger partial charge in [-0.05, 0) is 42.8 Å². The molecule has 0 saturated heterocycles. The van der Waals surface area contributed by atoms with Gasteiger partial charge in [-0.25, -0.2) is 9.79 Å². The highest BCUT2D eigenvalue weighted by Crippen LogP contribution is 2.20. The molecule has 5 nitrogen and oxygen atoms in total. The lowest BCUT2D eigenvalue weighted by Gasteiger charge is -2.02. The third-order valence-corrected chi connectivity index (χ3v) is 2.85. The van der Waals surface area contributed by atoms with Crippen LogP contribution in [0.25, 0.3) is 6.08 Å². The van der Waals surface area contributed by atoms with Gasteiger partial charge in [-0.2, -0.15) is 0 Å². The zero-order chi connectivity index (χ0) is 14.7. The van der Waals surface area contributed by atoms with Gasteiger partial charge in [-0.15, -0.1) is 0 Å². The fourth-order valence-corrected chi connectivity index (χ4v) is 1.90. The van der Waals surface area contributed by atoms with E-state index in [2.05, 4.69) is 4.99 Å². The second-order valence-electron chi connectivity index (χ2n) is 4.32. The van der Waals surface area contributed by atoms with Crippen LogP contribution in [0.1, 0.15) is 18.2 Å². The van der Waals surface area contributed by atoms with Crippen LogP contribution in [0.5, 0.6) is 5.75 Å². The molecule has 0 saturated carbocycles. The van der Waals surface area contributed by atoms with E-state index in [4.69, 9.17) is 13.9 Å². The Morgan fingerprint density at radius 1 is 1.24 bits per heavy atom. The van der Waals surface area contributed by atoms with Crippen molar-refractivity contribution in [1.82, 2.24) is 0 Å². The van der Waals surface area contributed by atoms with Crippen molar-refractivity contribution in [3.05, 3.63) is 59.7 Å². The Bertz CT molecular complexity index is 696. The molecule has 2 aromatic rings. The monoisotopic (exact) mass is 283 g/mol. The number of nitrogens with zero attached hydrogens (tertiary/aromatic N) is 1. The number of ether oxygens (including phenoxy) is 2. The first-order valence-electron chi connectivity index (χ1n) is 6.55. The summed E-state index contributed by atoms with van der Waals surface area (Å²) in [6.45, 7) is 2.54. The Kier molecular flexibility index (Phi) is 3.55. The average Bonchev–Trinajstić information content (AvgIpc) is 3.12. The molecule has 0 radical (unpaired) electrons. The minimum Gasteiger partial charge on any atom is -0.494 e. The van der Waals surface area contributed by atoms with E-state index in [1.807, 2.05) is 31.2 Å². The second kappa shape index (κ2) is 5.66. The Morgan fingerprint density at radius 2 is 2.05 bits per heavy atom. The van der Waals surface area contributed by atoms with E-state index in [9.17, 15) is 4.79 Å². The predicted molar refractivity (Wildman–Crippen MR) is 76.9 cm³/mol. The summed E-state index contributed by atoms with van der Waals surface area (Å²) in [5.74, 6) is 0.907. The molecule has 2 heterocycles. The summed E-state index contributed by atoms with van der Waals surface area (Å²) in [7, 11) is 0. The van der Waals surface area contributed by atoms with Crippen LogP contribution < -0.4 is 4.74 Å². The number of hydrogen-bond donors (Lipinski definition) is 0. The lowest BCUT2D eigenvalue weighted by atomic mass is 10.2. The van der Waals surface area contributed by atoms with Crippen LogP contribution in [-0.2, 0) is 9.53 Å².